The Morgan fingerprint density at radius 3 is 2.33 bits per heavy atom. The number of ether oxygens (including phenoxy) is 2. The average molecular weight is 703 g/mol. The molecular weight excluding hydrogens is 662 g/mol. The van der Waals surface area contributed by atoms with Gasteiger partial charge in [0.05, 0.1) is 6.61 Å². The number of rotatable bonds is 17. The molecule has 0 spiro atoms. The molecule has 1 saturated carbocycles. The number of hydrogen-bond acceptors (Lipinski definition) is 8. The third-order valence-corrected chi connectivity index (χ3v) is 8.40. The first-order valence-corrected chi connectivity index (χ1v) is 16.7. The molecule has 0 N–H and O–H groups in total. The first kappa shape index (κ1) is 37.2. The number of piperazine rings is 1. The summed E-state index contributed by atoms with van der Waals surface area (Å²) in [6.45, 7) is 3.65. The summed E-state index contributed by atoms with van der Waals surface area (Å²) in [5, 5.41) is 10.0. The zero-order valence-electron chi connectivity index (χ0n) is 27.2. The minimum atomic E-state index is -0.805. The third kappa shape index (κ3) is 12.7. The van der Waals surface area contributed by atoms with Crippen LogP contribution in [0.4, 0.5) is 14.5 Å². The van der Waals surface area contributed by atoms with Crippen LogP contribution < -0.4 is 14.4 Å². The van der Waals surface area contributed by atoms with Gasteiger partial charge in [-0.2, -0.15) is 0 Å². The van der Waals surface area contributed by atoms with Gasteiger partial charge in [0.15, 0.2) is 11.6 Å². The van der Waals surface area contributed by atoms with Crippen LogP contribution >= 0.6 is 11.6 Å². The van der Waals surface area contributed by atoms with Gasteiger partial charge in [-0.1, -0.05) is 36.2 Å². The number of anilines is 1. The first-order valence-electron chi connectivity index (χ1n) is 16.3. The van der Waals surface area contributed by atoms with Crippen molar-refractivity contribution >= 4 is 29.6 Å². The molecule has 1 aliphatic heterocycles. The van der Waals surface area contributed by atoms with Gasteiger partial charge in [-0.25, -0.2) is 8.78 Å². The molecule has 11 nitrogen and oxygen atoms in total. The lowest BCUT2D eigenvalue weighted by Crippen LogP contribution is -2.48. The molecule has 1 aliphatic carbocycles. The highest BCUT2D eigenvalue weighted by atomic mass is 35.5. The second-order valence-electron chi connectivity index (χ2n) is 11.6. The summed E-state index contributed by atoms with van der Waals surface area (Å²) in [4.78, 5) is 43.4. The summed E-state index contributed by atoms with van der Waals surface area (Å²) >= 11 is 6.01. The second-order valence-corrected chi connectivity index (χ2v) is 12.0. The van der Waals surface area contributed by atoms with Crippen molar-refractivity contribution < 1.29 is 37.8 Å². The van der Waals surface area contributed by atoms with Gasteiger partial charge in [-0.3, -0.25) is 9.59 Å². The molecule has 2 amide bonds. The topological polar surface area (TPSA) is 115 Å². The van der Waals surface area contributed by atoms with E-state index in [1.165, 1.54) is 0 Å². The zero-order valence-corrected chi connectivity index (χ0v) is 27.9. The maximum Gasteiger partial charge on any atom is 0.294 e. The molecule has 49 heavy (non-hydrogen) atoms. The highest BCUT2D eigenvalue weighted by Gasteiger charge is 2.28. The van der Waals surface area contributed by atoms with Crippen LogP contribution in [0.3, 0.4) is 0 Å². The Balaban J connectivity index is 0.000000319. The van der Waals surface area contributed by atoms with Gasteiger partial charge in [0, 0.05) is 62.0 Å². The smallest absolute Gasteiger partial charge is 0.294 e. The van der Waals surface area contributed by atoms with Crippen LogP contribution in [-0.2, 0) is 21.0 Å². The van der Waals surface area contributed by atoms with E-state index >= 15 is 0 Å². The van der Waals surface area contributed by atoms with E-state index in [0.717, 1.165) is 66.8 Å². The number of carbonyl (C=O) groups is 2. The molecule has 0 aromatic heterocycles. The largest absolute Gasteiger partial charge is 0.490 e. The molecule has 2 aliphatic rings. The van der Waals surface area contributed by atoms with Gasteiger partial charge in [-0.15, -0.1) is 10.1 Å². The second kappa shape index (κ2) is 19.4. The minimum Gasteiger partial charge on any atom is -0.490 e. The summed E-state index contributed by atoms with van der Waals surface area (Å²) in [6, 6.07) is 18.7. The zero-order chi connectivity index (χ0) is 35.0. The summed E-state index contributed by atoms with van der Waals surface area (Å²) in [5.74, 6) is -0.610. The molecule has 3 aromatic rings. The molecule has 1 heterocycles. The lowest BCUT2D eigenvalue weighted by Gasteiger charge is -2.36. The number of benzene rings is 3. The molecular formula is C35H41ClF2N4O7. The quantitative estimate of drug-likeness (QED) is 0.0697. The van der Waals surface area contributed by atoms with E-state index in [2.05, 4.69) is 9.74 Å². The normalized spacial score (nSPS) is 13.9. The van der Waals surface area contributed by atoms with Crippen molar-refractivity contribution in [2.45, 2.75) is 51.1 Å². The molecule has 3 aromatic carbocycles. The van der Waals surface area contributed by atoms with Crippen molar-refractivity contribution in [1.82, 2.24) is 9.80 Å². The fraction of sp³-hybridized carbons (Fsp3) is 0.429. The Kier molecular flexibility index (Phi) is 14.7. The van der Waals surface area contributed by atoms with Crippen molar-refractivity contribution in [3.63, 3.8) is 0 Å². The number of amides is 2. The van der Waals surface area contributed by atoms with Gasteiger partial charge in [0.25, 0.3) is 5.09 Å². The van der Waals surface area contributed by atoms with Crippen molar-refractivity contribution in [2.75, 3.05) is 50.9 Å². The van der Waals surface area contributed by atoms with E-state index in [-0.39, 0.29) is 31.5 Å². The molecule has 0 bridgehead atoms. The Morgan fingerprint density at radius 1 is 0.939 bits per heavy atom. The summed E-state index contributed by atoms with van der Waals surface area (Å²) in [5.41, 5.74) is 2.04. The summed E-state index contributed by atoms with van der Waals surface area (Å²) in [7, 11) is 0. The van der Waals surface area contributed by atoms with E-state index in [4.69, 9.17) is 21.1 Å². The van der Waals surface area contributed by atoms with Crippen LogP contribution in [0, 0.1) is 21.7 Å². The third-order valence-electron chi connectivity index (χ3n) is 8.03. The van der Waals surface area contributed by atoms with Crippen LogP contribution in [0.2, 0.25) is 5.02 Å². The van der Waals surface area contributed by atoms with Crippen LogP contribution in [0.1, 0.15) is 44.1 Å². The van der Waals surface area contributed by atoms with Crippen molar-refractivity contribution in [3.8, 4) is 11.5 Å². The van der Waals surface area contributed by atoms with Crippen LogP contribution in [0.5, 0.6) is 11.5 Å². The van der Waals surface area contributed by atoms with Crippen LogP contribution in [-0.4, -0.2) is 79.2 Å². The monoisotopic (exact) mass is 702 g/mol. The molecule has 2 fully saturated rings. The number of nitrogens with zero attached hydrogens (tertiary/aromatic N) is 4. The molecule has 0 radical (unpaired) electrons. The predicted octanol–water partition coefficient (Wildman–Crippen LogP) is 6.30. The molecule has 0 atom stereocenters. The van der Waals surface area contributed by atoms with Gasteiger partial charge in [0.1, 0.15) is 24.8 Å². The average Bonchev–Trinajstić information content (AvgIpc) is 3.95. The van der Waals surface area contributed by atoms with E-state index in [9.17, 15) is 28.5 Å². The van der Waals surface area contributed by atoms with Crippen molar-refractivity contribution in [3.05, 3.63) is 99.1 Å². The molecule has 1 saturated heterocycles. The van der Waals surface area contributed by atoms with Gasteiger partial charge >= 0.3 is 0 Å². The van der Waals surface area contributed by atoms with Crippen LogP contribution in [0.15, 0.2) is 66.7 Å². The fourth-order valence-corrected chi connectivity index (χ4v) is 5.40. The molecule has 264 valence electrons. The molecule has 5 rings (SSSR count). The standard InChI is InChI=1S/C24H29F2N3O6.C11H12ClNO/c25-19-5-10-22(26)23(18-19)34-17-16-33-21-8-6-20(7-9-21)27-11-13-28(14-12-27)24(30)4-2-1-3-15-35-29(31)32;12-11-4-2-1-3-9(11)7-13(8-14)10-5-6-10/h5-10,18H,1-4,11-17H2;1-4,8,10H,5-7H2. The van der Waals surface area contributed by atoms with Crippen LogP contribution in [0.25, 0.3) is 0 Å². The van der Waals surface area contributed by atoms with E-state index in [1.54, 1.807) is 0 Å². The number of carbonyl (C=O) groups excluding carboxylic acids is 2. The van der Waals surface area contributed by atoms with E-state index in [0.29, 0.717) is 57.1 Å². The lowest BCUT2D eigenvalue weighted by atomic mass is 10.1. The number of hydrogen-bond donors (Lipinski definition) is 0. The van der Waals surface area contributed by atoms with Crippen molar-refractivity contribution in [2.24, 2.45) is 0 Å². The first-order chi connectivity index (χ1) is 23.7. The summed E-state index contributed by atoms with van der Waals surface area (Å²) < 4.78 is 37.5. The Hall–Kier alpha value is -4.65. The van der Waals surface area contributed by atoms with E-state index in [1.807, 2.05) is 58.3 Å². The van der Waals surface area contributed by atoms with E-state index < -0.39 is 16.7 Å². The number of halogens is 3. The molecule has 14 heteroatoms. The maximum atomic E-state index is 13.5. The lowest BCUT2D eigenvalue weighted by molar-refractivity contribution is -0.757. The fourth-order valence-electron chi connectivity index (χ4n) is 5.20. The highest BCUT2D eigenvalue weighted by Crippen LogP contribution is 2.28. The van der Waals surface area contributed by atoms with Gasteiger partial charge in [-0.05, 0) is 73.7 Å². The SMILES string of the molecule is O=C(CCCCCO[N+](=O)[O-])N1CCN(c2ccc(OCCOc3cc(F)ccc3F)cc2)CC1.O=CN(Cc1ccccc1Cl)C1CC1. The minimum absolute atomic E-state index is 0.0619. The van der Waals surface area contributed by atoms with Gasteiger partial charge < -0.3 is 29.0 Å². The highest BCUT2D eigenvalue weighted by molar-refractivity contribution is 6.31. The maximum absolute atomic E-state index is 13.5. The Labute approximate surface area is 289 Å². The Morgan fingerprint density at radius 2 is 1.65 bits per heavy atom. The summed E-state index contributed by atoms with van der Waals surface area (Å²) in [6.07, 6.45) is 5.55. The number of unbranched alkanes of at least 4 members (excludes halogenated alkanes) is 2. The Bertz CT molecular complexity index is 1510. The predicted molar refractivity (Wildman–Crippen MR) is 180 cm³/mol. The van der Waals surface area contributed by atoms with Crippen molar-refractivity contribution in [1.29, 1.82) is 0 Å². The van der Waals surface area contributed by atoms with Gasteiger partial charge in [0.2, 0.25) is 12.3 Å². The molecule has 0 unspecified atom stereocenters.